The molecule has 1 amide bonds. The second-order valence-corrected chi connectivity index (χ2v) is 10.1. The number of fused-ring (bicyclic) bond motifs is 1. The summed E-state index contributed by atoms with van der Waals surface area (Å²) < 4.78 is 39.9. The van der Waals surface area contributed by atoms with Gasteiger partial charge in [0.1, 0.15) is 5.82 Å². The zero-order chi connectivity index (χ0) is 23.4. The predicted molar refractivity (Wildman–Crippen MR) is 129 cm³/mol. The fourth-order valence-corrected chi connectivity index (χ4v) is 5.45. The van der Waals surface area contributed by atoms with E-state index in [2.05, 4.69) is 16.2 Å². The summed E-state index contributed by atoms with van der Waals surface area (Å²) in [4.78, 5) is 12.6. The Morgan fingerprint density at radius 2 is 1.61 bits per heavy atom. The molecule has 0 spiro atoms. The average molecular weight is 487 g/mol. The maximum absolute atomic E-state index is 13.1. The van der Waals surface area contributed by atoms with Crippen LogP contribution in [0.25, 0.3) is 10.8 Å². The normalized spacial score (nSPS) is 15.2. The topological polar surface area (TPSA) is 90.5 Å². The number of halogens is 1. The number of hydrogen-bond acceptors (Lipinski definition) is 4. The fraction of sp³-hybridized carbons (Fsp3) is 0.217. The molecule has 0 radical (unpaired) electrons. The van der Waals surface area contributed by atoms with Gasteiger partial charge in [0.25, 0.3) is 0 Å². The van der Waals surface area contributed by atoms with Gasteiger partial charge in [-0.25, -0.2) is 12.8 Å². The van der Waals surface area contributed by atoms with Gasteiger partial charge in [-0.05, 0) is 60.8 Å². The molecule has 0 aliphatic carbocycles. The van der Waals surface area contributed by atoms with Crippen molar-refractivity contribution in [3.05, 3.63) is 72.5 Å². The molecule has 0 unspecified atom stereocenters. The number of piperidine rings is 1. The molecule has 0 saturated carbocycles. The van der Waals surface area contributed by atoms with Crippen LogP contribution in [0.2, 0.25) is 0 Å². The molecule has 3 N–H and O–H groups in total. The first-order valence-corrected chi connectivity index (χ1v) is 12.3. The smallest absolute Gasteiger partial charge is 0.243 e. The summed E-state index contributed by atoms with van der Waals surface area (Å²) in [5, 5.41) is 5.40. The van der Waals surface area contributed by atoms with E-state index in [4.69, 9.17) is 12.2 Å². The Kier molecular flexibility index (Phi) is 6.87. The second kappa shape index (κ2) is 9.82. The van der Waals surface area contributed by atoms with Crippen LogP contribution in [0.15, 0.2) is 71.6 Å². The van der Waals surface area contributed by atoms with Crippen LogP contribution in [-0.4, -0.2) is 36.8 Å². The lowest BCUT2D eigenvalue weighted by atomic mass is 9.98. The molecule has 1 fully saturated rings. The van der Waals surface area contributed by atoms with E-state index in [1.54, 1.807) is 0 Å². The van der Waals surface area contributed by atoms with Crippen molar-refractivity contribution in [1.82, 2.24) is 15.2 Å². The van der Waals surface area contributed by atoms with Crippen molar-refractivity contribution in [3.63, 3.8) is 0 Å². The van der Waals surface area contributed by atoms with E-state index < -0.39 is 15.8 Å². The molecule has 1 saturated heterocycles. The Morgan fingerprint density at radius 1 is 0.939 bits per heavy atom. The van der Waals surface area contributed by atoms with Crippen LogP contribution in [0.1, 0.15) is 12.8 Å². The number of benzene rings is 3. The summed E-state index contributed by atoms with van der Waals surface area (Å²) in [6, 6.07) is 18.4. The molecule has 0 bridgehead atoms. The fourth-order valence-electron chi connectivity index (χ4n) is 3.82. The highest BCUT2D eigenvalue weighted by Gasteiger charge is 2.32. The highest BCUT2D eigenvalue weighted by Crippen LogP contribution is 2.25. The molecule has 4 rings (SSSR count). The predicted octanol–water partition coefficient (Wildman–Crippen LogP) is 3.40. The summed E-state index contributed by atoms with van der Waals surface area (Å²) in [6.45, 7) is 0.410. The van der Waals surface area contributed by atoms with Crippen LogP contribution in [0.3, 0.4) is 0 Å². The molecule has 7 nitrogen and oxygen atoms in total. The number of anilines is 1. The minimum Gasteiger partial charge on any atom is -0.331 e. The molecule has 1 aliphatic heterocycles. The van der Waals surface area contributed by atoms with E-state index >= 15 is 0 Å². The highest BCUT2D eigenvalue weighted by atomic mass is 32.2. The van der Waals surface area contributed by atoms with Crippen molar-refractivity contribution in [2.75, 3.05) is 18.4 Å². The first-order chi connectivity index (χ1) is 15.8. The number of nitrogens with one attached hydrogen (secondary N) is 3. The number of carbonyl (C=O) groups excluding carboxylic acids is 1. The summed E-state index contributed by atoms with van der Waals surface area (Å²) in [5.74, 6) is -1.10. The highest BCUT2D eigenvalue weighted by molar-refractivity contribution is 7.89. The Bertz CT molecular complexity index is 1270. The number of sulfonamides is 1. The Hall–Kier alpha value is -3.08. The zero-order valence-corrected chi connectivity index (χ0v) is 19.3. The zero-order valence-electron chi connectivity index (χ0n) is 17.6. The van der Waals surface area contributed by atoms with E-state index in [9.17, 15) is 17.6 Å². The number of amides is 1. The molecular formula is C23H23FN4O3S2. The first-order valence-electron chi connectivity index (χ1n) is 10.4. The Labute approximate surface area is 197 Å². The molecule has 1 aliphatic rings. The van der Waals surface area contributed by atoms with Gasteiger partial charge < -0.3 is 5.32 Å². The molecule has 0 atom stereocenters. The van der Waals surface area contributed by atoms with E-state index in [1.807, 2.05) is 42.5 Å². The van der Waals surface area contributed by atoms with Crippen LogP contribution in [0.5, 0.6) is 0 Å². The van der Waals surface area contributed by atoms with Crippen LogP contribution in [-0.2, 0) is 14.8 Å². The van der Waals surface area contributed by atoms with Crippen molar-refractivity contribution in [1.29, 1.82) is 0 Å². The van der Waals surface area contributed by atoms with E-state index in [0.717, 1.165) is 28.6 Å². The van der Waals surface area contributed by atoms with Crippen molar-refractivity contribution in [2.45, 2.75) is 17.7 Å². The molecule has 1 heterocycles. The summed E-state index contributed by atoms with van der Waals surface area (Å²) in [5.41, 5.74) is 6.15. The van der Waals surface area contributed by atoms with Crippen molar-refractivity contribution < 1.29 is 17.6 Å². The van der Waals surface area contributed by atoms with Gasteiger partial charge >= 0.3 is 0 Å². The Morgan fingerprint density at radius 3 is 2.33 bits per heavy atom. The third-order valence-corrected chi connectivity index (χ3v) is 7.73. The lowest BCUT2D eigenvalue weighted by Crippen LogP contribution is -2.49. The van der Waals surface area contributed by atoms with Crippen LogP contribution in [0.4, 0.5) is 10.1 Å². The average Bonchev–Trinajstić information content (AvgIpc) is 2.83. The van der Waals surface area contributed by atoms with Gasteiger partial charge in [0.15, 0.2) is 5.11 Å². The van der Waals surface area contributed by atoms with Gasteiger partial charge in [0.05, 0.1) is 4.90 Å². The van der Waals surface area contributed by atoms with Crippen LogP contribution >= 0.6 is 12.2 Å². The van der Waals surface area contributed by atoms with E-state index in [0.29, 0.717) is 12.8 Å². The minimum atomic E-state index is -3.72. The maximum atomic E-state index is 13.1. The van der Waals surface area contributed by atoms with Crippen LogP contribution < -0.4 is 16.2 Å². The molecule has 10 heteroatoms. The number of nitrogens with zero attached hydrogens (tertiary/aromatic N) is 1. The molecule has 33 heavy (non-hydrogen) atoms. The third-order valence-electron chi connectivity index (χ3n) is 5.61. The molecule has 3 aromatic carbocycles. The second-order valence-electron chi connectivity index (χ2n) is 7.73. The first kappa shape index (κ1) is 23.1. The number of rotatable bonds is 4. The molecule has 172 valence electrons. The van der Waals surface area contributed by atoms with Crippen molar-refractivity contribution in [2.24, 2.45) is 5.92 Å². The van der Waals surface area contributed by atoms with Gasteiger partial charge in [0, 0.05) is 30.1 Å². The largest absolute Gasteiger partial charge is 0.331 e. The summed E-state index contributed by atoms with van der Waals surface area (Å²) in [7, 11) is -3.72. The number of hydrazine groups is 1. The number of carbonyl (C=O) groups is 1. The lowest BCUT2D eigenvalue weighted by Gasteiger charge is -2.30. The van der Waals surface area contributed by atoms with E-state index in [1.165, 1.54) is 16.4 Å². The quantitative estimate of drug-likeness (QED) is 0.387. The molecular weight excluding hydrogens is 463 g/mol. The standard InChI is InChI=1S/C23H23FN4O3S2/c24-18-8-10-19(11-9-18)33(30,31)28-14-12-17(13-15-28)22(29)26-27-23(32)25-21-7-3-5-16-4-1-2-6-20(16)21/h1-11,17H,12-15H2,(H,26,29)(H2,25,27,32). The number of thiocarbonyl (C=S) groups is 1. The monoisotopic (exact) mass is 486 g/mol. The Balaban J connectivity index is 1.28. The summed E-state index contributed by atoms with van der Waals surface area (Å²) in [6.07, 6.45) is 0.745. The molecule has 0 aromatic heterocycles. The van der Waals surface area contributed by atoms with Crippen molar-refractivity contribution >= 4 is 49.7 Å². The molecule has 3 aromatic rings. The lowest BCUT2D eigenvalue weighted by molar-refractivity contribution is -0.126. The van der Waals surface area contributed by atoms with Gasteiger partial charge in [-0.15, -0.1) is 0 Å². The third kappa shape index (κ3) is 5.29. The van der Waals surface area contributed by atoms with Gasteiger partial charge in [0.2, 0.25) is 15.9 Å². The maximum Gasteiger partial charge on any atom is 0.243 e. The number of hydrogen-bond donors (Lipinski definition) is 3. The summed E-state index contributed by atoms with van der Waals surface area (Å²) >= 11 is 5.30. The van der Waals surface area contributed by atoms with Gasteiger partial charge in [-0.2, -0.15) is 4.31 Å². The minimum absolute atomic E-state index is 0.0401. The van der Waals surface area contributed by atoms with Gasteiger partial charge in [-0.1, -0.05) is 36.4 Å². The SMILES string of the molecule is O=C(NNC(=S)Nc1cccc2ccccc12)C1CCN(S(=O)(=O)c2ccc(F)cc2)CC1. The van der Waals surface area contributed by atoms with Crippen LogP contribution in [0, 0.1) is 11.7 Å². The van der Waals surface area contributed by atoms with Gasteiger partial charge in [-0.3, -0.25) is 15.6 Å². The van der Waals surface area contributed by atoms with Crippen molar-refractivity contribution in [3.8, 4) is 0 Å². The van der Waals surface area contributed by atoms with E-state index in [-0.39, 0.29) is 34.9 Å².